The number of hydrogen-bond donors (Lipinski definition) is 2. The third-order valence-corrected chi connectivity index (χ3v) is 2.43. The number of carbonyl (C=O) groups is 1. The van der Waals surface area contributed by atoms with E-state index in [1.54, 1.807) is 6.20 Å². The highest BCUT2D eigenvalue weighted by Crippen LogP contribution is 1.97. The highest BCUT2D eigenvalue weighted by Gasteiger charge is 2.04. The number of nitrogens with zero attached hydrogens (tertiary/aromatic N) is 1. The SMILES string of the molecule is CNC(C)CNC(=O)CCc1ccccn1.Cl.Cl. The first kappa shape index (κ1) is 19.5. The summed E-state index contributed by atoms with van der Waals surface area (Å²) < 4.78 is 0. The molecule has 0 saturated carbocycles. The topological polar surface area (TPSA) is 54.0 Å². The van der Waals surface area contributed by atoms with Crippen molar-refractivity contribution in [2.24, 2.45) is 0 Å². The van der Waals surface area contributed by atoms with Crippen LogP contribution in [-0.2, 0) is 11.2 Å². The third kappa shape index (κ3) is 8.28. The molecule has 0 spiro atoms. The number of aryl methyl sites for hydroxylation is 1. The van der Waals surface area contributed by atoms with E-state index in [1.807, 2.05) is 32.2 Å². The molecule has 0 bridgehead atoms. The number of hydrogen-bond acceptors (Lipinski definition) is 3. The number of amides is 1. The molecule has 0 saturated heterocycles. The molecule has 2 N–H and O–H groups in total. The zero-order valence-corrected chi connectivity index (χ0v) is 12.3. The van der Waals surface area contributed by atoms with E-state index in [1.165, 1.54) is 0 Å². The number of nitrogens with one attached hydrogen (secondary N) is 2. The summed E-state index contributed by atoms with van der Waals surface area (Å²) in [5, 5.41) is 5.94. The molecular weight excluding hydrogens is 273 g/mol. The molecule has 1 aromatic heterocycles. The molecule has 1 atom stereocenters. The molecule has 0 aliphatic rings. The standard InChI is InChI=1S/C12H19N3O.2ClH/c1-10(13-2)9-15-12(16)7-6-11-5-3-4-8-14-11;;/h3-5,8,10,13H,6-7,9H2,1-2H3,(H,15,16);2*1H. The summed E-state index contributed by atoms with van der Waals surface area (Å²) in [6.07, 6.45) is 2.93. The minimum Gasteiger partial charge on any atom is -0.355 e. The smallest absolute Gasteiger partial charge is 0.220 e. The van der Waals surface area contributed by atoms with Crippen LogP contribution < -0.4 is 10.6 Å². The van der Waals surface area contributed by atoms with Crippen LogP contribution in [0.1, 0.15) is 19.0 Å². The highest BCUT2D eigenvalue weighted by atomic mass is 35.5. The Balaban J connectivity index is 0. The van der Waals surface area contributed by atoms with Crippen molar-refractivity contribution in [1.29, 1.82) is 0 Å². The van der Waals surface area contributed by atoms with Crippen molar-refractivity contribution in [3.8, 4) is 0 Å². The van der Waals surface area contributed by atoms with Crippen LogP contribution in [0.4, 0.5) is 0 Å². The molecule has 1 unspecified atom stereocenters. The van der Waals surface area contributed by atoms with Crippen LogP contribution in [0.5, 0.6) is 0 Å². The van der Waals surface area contributed by atoms with Gasteiger partial charge in [-0.2, -0.15) is 0 Å². The summed E-state index contributed by atoms with van der Waals surface area (Å²) in [5.41, 5.74) is 0.958. The molecule has 1 rings (SSSR count). The molecule has 18 heavy (non-hydrogen) atoms. The number of rotatable bonds is 6. The molecule has 0 aromatic carbocycles. The van der Waals surface area contributed by atoms with Crippen molar-refractivity contribution >= 4 is 30.7 Å². The Kier molecular flexibility index (Phi) is 12.2. The van der Waals surface area contributed by atoms with Crippen LogP contribution in [0.3, 0.4) is 0 Å². The Labute approximate surface area is 121 Å². The van der Waals surface area contributed by atoms with Gasteiger partial charge in [0.15, 0.2) is 0 Å². The van der Waals surface area contributed by atoms with E-state index in [-0.39, 0.29) is 30.7 Å². The van der Waals surface area contributed by atoms with Crippen molar-refractivity contribution in [2.75, 3.05) is 13.6 Å². The minimum absolute atomic E-state index is 0. The van der Waals surface area contributed by atoms with Crippen molar-refractivity contribution in [2.45, 2.75) is 25.8 Å². The second kappa shape index (κ2) is 11.3. The molecule has 1 heterocycles. The van der Waals surface area contributed by atoms with Gasteiger partial charge in [0.2, 0.25) is 5.91 Å². The summed E-state index contributed by atoms with van der Waals surface area (Å²) in [6, 6.07) is 6.05. The number of likely N-dealkylation sites (N-methyl/N-ethyl adjacent to an activating group) is 1. The fourth-order valence-electron chi connectivity index (χ4n) is 1.24. The fourth-order valence-corrected chi connectivity index (χ4v) is 1.24. The Hall–Kier alpha value is -0.840. The molecule has 6 heteroatoms. The summed E-state index contributed by atoms with van der Waals surface area (Å²) in [4.78, 5) is 15.6. The van der Waals surface area contributed by atoms with E-state index >= 15 is 0 Å². The predicted molar refractivity (Wildman–Crippen MR) is 78.6 cm³/mol. The Morgan fingerprint density at radius 3 is 2.67 bits per heavy atom. The largest absolute Gasteiger partial charge is 0.355 e. The maximum Gasteiger partial charge on any atom is 0.220 e. The lowest BCUT2D eigenvalue weighted by atomic mass is 10.2. The van der Waals surface area contributed by atoms with Crippen LogP contribution in [0.2, 0.25) is 0 Å². The maximum absolute atomic E-state index is 11.5. The summed E-state index contributed by atoms with van der Waals surface area (Å²) in [7, 11) is 1.88. The Morgan fingerprint density at radius 1 is 1.39 bits per heavy atom. The third-order valence-electron chi connectivity index (χ3n) is 2.43. The number of carbonyl (C=O) groups excluding carboxylic acids is 1. The van der Waals surface area contributed by atoms with E-state index in [2.05, 4.69) is 15.6 Å². The van der Waals surface area contributed by atoms with Crippen molar-refractivity contribution in [3.05, 3.63) is 30.1 Å². The first-order valence-corrected chi connectivity index (χ1v) is 5.56. The quantitative estimate of drug-likeness (QED) is 0.837. The van der Waals surface area contributed by atoms with Crippen LogP contribution >= 0.6 is 24.8 Å². The van der Waals surface area contributed by atoms with Gasteiger partial charge in [-0.1, -0.05) is 6.07 Å². The average Bonchev–Trinajstić information content (AvgIpc) is 2.34. The number of halogens is 2. The molecular formula is C12H21Cl2N3O. The average molecular weight is 294 g/mol. The van der Waals surface area contributed by atoms with Gasteiger partial charge in [-0.05, 0) is 32.5 Å². The molecule has 1 amide bonds. The van der Waals surface area contributed by atoms with Crippen molar-refractivity contribution in [1.82, 2.24) is 15.6 Å². The van der Waals surface area contributed by atoms with Crippen molar-refractivity contribution in [3.63, 3.8) is 0 Å². The zero-order chi connectivity index (χ0) is 11.8. The van der Waals surface area contributed by atoms with Gasteiger partial charge in [-0.15, -0.1) is 24.8 Å². The van der Waals surface area contributed by atoms with E-state index in [0.717, 1.165) is 5.69 Å². The molecule has 0 fully saturated rings. The highest BCUT2D eigenvalue weighted by molar-refractivity contribution is 5.85. The second-order valence-corrected chi connectivity index (χ2v) is 3.81. The lowest BCUT2D eigenvalue weighted by Gasteiger charge is -2.11. The number of pyridine rings is 1. The fraction of sp³-hybridized carbons (Fsp3) is 0.500. The van der Waals surface area contributed by atoms with Crippen molar-refractivity contribution < 1.29 is 4.79 Å². The molecule has 104 valence electrons. The van der Waals surface area contributed by atoms with Gasteiger partial charge in [-0.3, -0.25) is 9.78 Å². The normalized spacial score (nSPS) is 10.8. The molecule has 4 nitrogen and oxygen atoms in total. The maximum atomic E-state index is 11.5. The lowest BCUT2D eigenvalue weighted by molar-refractivity contribution is -0.121. The Morgan fingerprint density at radius 2 is 2.11 bits per heavy atom. The van der Waals surface area contributed by atoms with Gasteiger partial charge < -0.3 is 10.6 Å². The van der Waals surface area contributed by atoms with Gasteiger partial charge in [0.05, 0.1) is 0 Å². The molecule has 0 aliphatic carbocycles. The second-order valence-electron chi connectivity index (χ2n) is 3.81. The number of aromatic nitrogens is 1. The zero-order valence-electron chi connectivity index (χ0n) is 10.7. The van der Waals surface area contributed by atoms with E-state index < -0.39 is 0 Å². The first-order chi connectivity index (χ1) is 7.72. The van der Waals surface area contributed by atoms with Gasteiger partial charge >= 0.3 is 0 Å². The summed E-state index contributed by atoms with van der Waals surface area (Å²) in [5.74, 6) is 0.0766. The van der Waals surface area contributed by atoms with Gasteiger partial charge in [0.1, 0.15) is 0 Å². The molecule has 0 radical (unpaired) electrons. The van der Waals surface area contributed by atoms with Crippen LogP contribution in [0.25, 0.3) is 0 Å². The predicted octanol–water partition coefficient (Wildman–Crippen LogP) is 1.58. The van der Waals surface area contributed by atoms with Crippen LogP contribution in [-0.4, -0.2) is 30.5 Å². The van der Waals surface area contributed by atoms with E-state index in [4.69, 9.17) is 0 Å². The summed E-state index contributed by atoms with van der Waals surface area (Å²) >= 11 is 0. The van der Waals surface area contributed by atoms with E-state index in [0.29, 0.717) is 25.4 Å². The monoisotopic (exact) mass is 293 g/mol. The lowest BCUT2D eigenvalue weighted by Crippen LogP contribution is -2.37. The van der Waals surface area contributed by atoms with E-state index in [9.17, 15) is 4.79 Å². The summed E-state index contributed by atoms with van der Waals surface area (Å²) in [6.45, 7) is 2.69. The van der Waals surface area contributed by atoms with Crippen LogP contribution in [0.15, 0.2) is 24.4 Å². The minimum atomic E-state index is 0. The molecule has 0 aliphatic heterocycles. The Bertz CT molecular complexity index is 322. The molecule has 1 aromatic rings. The van der Waals surface area contributed by atoms with Crippen LogP contribution in [0, 0.1) is 0 Å². The first-order valence-electron chi connectivity index (χ1n) is 5.56. The van der Waals surface area contributed by atoms with Gasteiger partial charge in [0.25, 0.3) is 0 Å². The van der Waals surface area contributed by atoms with Gasteiger partial charge in [-0.25, -0.2) is 0 Å². The van der Waals surface area contributed by atoms with Gasteiger partial charge in [0, 0.05) is 30.9 Å².